The van der Waals surface area contributed by atoms with E-state index in [9.17, 15) is 4.79 Å². The second-order valence-corrected chi connectivity index (χ2v) is 9.37. The number of fused-ring (bicyclic) bond motifs is 1. The predicted molar refractivity (Wildman–Crippen MR) is 142 cm³/mol. The number of benzene rings is 3. The van der Waals surface area contributed by atoms with Crippen LogP contribution in [0.4, 0.5) is 5.69 Å². The van der Waals surface area contributed by atoms with Crippen LogP contribution in [0.15, 0.2) is 65.1 Å². The van der Waals surface area contributed by atoms with E-state index in [1.165, 1.54) is 11.1 Å². The van der Waals surface area contributed by atoms with Gasteiger partial charge in [0.05, 0.1) is 10.7 Å². The van der Waals surface area contributed by atoms with Crippen molar-refractivity contribution in [2.45, 2.75) is 52.4 Å². The van der Waals surface area contributed by atoms with Crippen LogP contribution in [-0.2, 0) is 4.79 Å². The van der Waals surface area contributed by atoms with Gasteiger partial charge in [-0.05, 0) is 78.3 Å². The standard InChI is InChI=1S/C29H31ClN2O3/c1-5-18(3)20-7-11-23(12-8-20)34-17-28(33)31-25-16-22(9-13-24(25)30)29-32-26-15-21(19(4)6-2)10-14-27(26)35-29/h7-16,18-19H,5-6,17H2,1-4H3,(H,31,33). The minimum absolute atomic E-state index is 0.121. The lowest BCUT2D eigenvalue weighted by atomic mass is 9.98. The minimum Gasteiger partial charge on any atom is -0.484 e. The molecule has 5 nitrogen and oxygen atoms in total. The molecule has 0 radical (unpaired) electrons. The van der Waals surface area contributed by atoms with Gasteiger partial charge < -0.3 is 14.5 Å². The van der Waals surface area contributed by atoms with Gasteiger partial charge in [0.15, 0.2) is 12.2 Å². The van der Waals surface area contributed by atoms with Crippen LogP contribution in [0.3, 0.4) is 0 Å². The molecule has 1 heterocycles. The second-order valence-electron chi connectivity index (χ2n) is 8.97. The number of rotatable bonds is 9. The fourth-order valence-corrected chi connectivity index (χ4v) is 3.99. The van der Waals surface area contributed by atoms with E-state index >= 15 is 0 Å². The molecule has 0 fully saturated rings. The van der Waals surface area contributed by atoms with E-state index in [0.717, 1.165) is 29.5 Å². The Kier molecular flexibility index (Phi) is 7.76. The smallest absolute Gasteiger partial charge is 0.262 e. The molecule has 4 rings (SSSR count). The molecule has 2 unspecified atom stereocenters. The zero-order valence-corrected chi connectivity index (χ0v) is 21.4. The Bertz CT molecular complexity index is 1310. The normalized spacial score (nSPS) is 12.9. The topological polar surface area (TPSA) is 64.4 Å². The molecule has 0 saturated carbocycles. The number of carbonyl (C=O) groups excluding carboxylic acids is 1. The van der Waals surface area contributed by atoms with E-state index < -0.39 is 0 Å². The van der Waals surface area contributed by atoms with Crippen molar-refractivity contribution in [3.8, 4) is 17.2 Å². The number of hydrogen-bond donors (Lipinski definition) is 1. The zero-order chi connectivity index (χ0) is 24.9. The van der Waals surface area contributed by atoms with Crippen molar-refractivity contribution in [1.82, 2.24) is 4.98 Å². The number of aromatic nitrogens is 1. The molecule has 0 aliphatic rings. The molecule has 6 heteroatoms. The second kappa shape index (κ2) is 11.0. The summed E-state index contributed by atoms with van der Waals surface area (Å²) in [4.78, 5) is 17.2. The summed E-state index contributed by atoms with van der Waals surface area (Å²) in [6.07, 6.45) is 2.13. The maximum Gasteiger partial charge on any atom is 0.262 e. The van der Waals surface area contributed by atoms with Gasteiger partial charge in [-0.2, -0.15) is 0 Å². The van der Waals surface area contributed by atoms with E-state index in [1.54, 1.807) is 12.1 Å². The Balaban J connectivity index is 1.45. The van der Waals surface area contributed by atoms with E-state index in [0.29, 0.717) is 34.2 Å². The van der Waals surface area contributed by atoms with E-state index in [2.05, 4.69) is 50.1 Å². The molecule has 4 aromatic rings. The van der Waals surface area contributed by atoms with Gasteiger partial charge in [-0.25, -0.2) is 4.98 Å². The molecule has 3 aromatic carbocycles. The van der Waals surface area contributed by atoms with E-state index in [4.69, 9.17) is 20.8 Å². The highest BCUT2D eigenvalue weighted by Crippen LogP contribution is 2.32. The van der Waals surface area contributed by atoms with Crippen molar-refractivity contribution in [2.24, 2.45) is 0 Å². The first-order valence-corrected chi connectivity index (χ1v) is 12.5. The molecule has 1 aromatic heterocycles. The van der Waals surface area contributed by atoms with Gasteiger partial charge in [0.1, 0.15) is 11.3 Å². The number of carbonyl (C=O) groups is 1. The van der Waals surface area contributed by atoms with Crippen LogP contribution in [0.1, 0.15) is 63.5 Å². The van der Waals surface area contributed by atoms with Crippen molar-refractivity contribution in [1.29, 1.82) is 0 Å². The van der Waals surface area contributed by atoms with Crippen molar-refractivity contribution >= 4 is 34.3 Å². The number of nitrogens with zero attached hydrogens (tertiary/aromatic N) is 1. The van der Waals surface area contributed by atoms with Gasteiger partial charge in [-0.1, -0.05) is 57.5 Å². The van der Waals surface area contributed by atoms with Gasteiger partial charge in [0, 0.05) is 5.56 Å². The SMILES string of the molecule is CCC(C)c1ccc(OCC(=O)Nc2cc(-c3nc4cc(C(C)CC)ccc4o3)ccc2Cl)cc1. The van der Waals surface area contributed by atoms with Crippen molar-refractivity contribution in [3.05, 3.63) is 76.8 Å². The van der Waals surface area contributed by atoms with Crippen LogP contribution in [-0.4, -0.2) is 17.5 Å². The summed E-state index contributed by atoms with van der Waals surface area (Å²) >= 11 is 6.35. The van der Waals surface area contributed by atoms with E-state index in [-0.39, 0.29) is 12.5 Å². The highest BCUT2D eigenvalue weighted by Gasteiger charge is 2.14. The van der Waals surface area contributed by atoms with Gasteiger partial charge >= 0.3 is 0 Å². The Morgan fingerprint density at radius 2 is 1.66 bits per heavy atom. The quantitative estimate of drug-likeness (QED) is 0.257. The summed E-state index contributed by atoms with van der Waals surface area (Å²) in [5, 5.41) is 3.26. The molecule has 1 amide bonds. The van der Waals surface area contributed by atoms with Crippen molar-refractivity contribution in [3.63, 3.8) is 0 Å². The van der Waals surface area contributed by atoms with Crippen LogP contribution >= 0.6 is 11.6 Å². The molecule has 0 spiro atoms. The maximum absolute atomic E-state index is 12.5. The fourth-order valence-electron chi connectivity index (χ4n) is 3.83. The number of nitrogens with one attached hydrogen (secondary N) is 1. The molecule has 35 heavy (non-hydrogen) atoms. The van der Waals surface area contributed by atoms with Crippen molar-refractivity contribution in [2.75, 3.05) is 11.9 Å². The predicted octanol–water partition coefficient (Wildman–Crippen LogP) is 8.19. The fraction of sp³-hybridized carbons (Fsp3) is 0.310. The first-order chi connectivity index (χ1) is 16.9. The highest BCUT2D eigenvalue weighted by atomic mass is 35.5. The lowest BCUT2D eigenvalue weighted by Gasteiger charge is -2.11. The Labute approximate surface area is 211 Å². The summed E-state index contributed by atoms with van der Waals surface area (Å²) in [5.41, 5.74) is 5.23. The molecule has 182 valence electrons. The first kappa shape index (κ1) is 24.8. The average Bonchev–Trinajstić information content (AvgIpc) is 3.31. The lowest BCUT2D eigenvalue weighted by molar-refractivity contribution is -0.118. The molecule has 1 N–H and O–H groups in total. The molecule has 0 aliphatic heterocycles. The Morgan fingerprint density at radius 1 is 0.971 bits per heavy atom. The number of oxazole rings is 1. The summed E-state index contributed by atoms with van der Waals surface area (Å²) in [6, 6.07) is 19.3. The van der Waals surface area contributed by atoms with Gasteiger partial charge in [-0.3, -0.25) is 4.79 Å². The number of amides is 1. The Morgan fingerprint density at radius 3 is 2.37 bits per heavy atom. The number of ether oxygens (including phenoxy) is 1. The van der Waals surface area contributed by atoms with Crippen LogP contribution in [0.2, 0.25) is 5.02 Å². The molecule has 0 saturated heterocycles. The first-order valence-electron chi connectivity index (χ1n) is 12.1. The van der Waals surface area contributed by atoms with Gasteiger partial charge in [-0.15, -0.1) is 0 Å². The number of halogens is 1. The molecule has 0 aliphatic carbocycles. The summed E-state index contributed by atoms with van der Waals surface area (Å²) in [5.74, 6) is 1.77. The lowest BCUT2D eigenvalue weighted by Crippen LogP contribution is -2.20. The highest BCUT2D eigenvalue weighted by molar-refractivity contribution is 6.33. The maximum atomic E-state index is 12.5. The van der Waals surface area contributed by atoms with Gasteiger partial charge in [0.2, 0.25) is 5.89 Å². The Hall–Kier alpha value is -3.31. The summed E-state index contributed by atoms with van der Waals surface area (Å²) < 4.78 is 11.6. The summed E-state index contributed by atoms with van der Waals surface area (Å²) in [6.45, 7) is 8.59. The monoisotopic (exact) mass is 490 g/mol. The molecule has 2 atom stereocenters. The molecular formula is C29H31ClN2O3. The third-order valence-corrected chi connectivity index (χ3v) is 6.84. The van der Waals surface area contributed by atoms with Crippen LogP contribution in [0.25, 0.3) is 22.6 Å². The van der Waals surface area contributed by atoms with Gasteiger partial charge in [0.25, 0.3) is 5.91 Å². The number of anilines is 1. The summed E-state index contributed by atoms with van der Waals surface area (Å²) in [7, 11) is 0. The minimum atomic E-state index is -0.300. The van der Waals surface area contributed by atoms with Crippen LogP contribution in [0, 0.1) is 0 Å². The van der Waals surface area contributed by atoms with Crippen molar-refractivity contribution < 1.29 is 13.9 Å². The number of hydrogen-bond acceptors (Lipinski definition) is 4. The largest absolute Gasteiger partial charge is 0.484 e. The average molecular weight is 491 g/mol. The van der Waals surface area contributed by atoms with E-state index in [1.807, 2.05) is 36.4 Å². The molecular weight excluding hydrogens is 460 g/mol. The molecule has 0 bridgehead atoms. The van der Waals surface area contributed by atoms with Crippen LogP contribution in [0.5, 0.6) is 5.75 Å². The third kappa shape index (κ3) is 5.85. The third-order valence-electron chi connectivity index (χ3n) is 6.51. The zero-order valence-electron chi connectivity index (χ0n) is 20.6. The van der Waals surface area contributed by atoms with Crippen LogP contribution < -0.4 is 10.1 Å².